The van der Waals surface area contributed by atoms with Crippen molar-refractivity contribution in [3.05, 3.63) is 69.4 Å². The summed E-state index contributed by atoms with van der Waals surface area (Å²) in [5, 5.41) is 0. The average Bonchev–Trinajstić information content (AvgIpc) is 2.34. The van der Waals surface area contributed by atoms with Crippen LogP contribution in [0.15, 0.2) is 41.2 Å². The Balaban J connectivity index is 2.48. The van der Waals surface area contributed by atoms with Crippen molar-refractivity contribution in [3.8, 4) is 0 Å². The lowest BCUT2D eigenvalue weighted by Gasteiger charge is -2.11. The van der Waals surface area contributed by atoms with Crippen LogP contribution in [0.5, 0.6) is 0 Å². The molecule has 2 rings (SSSR count). The zero-order chi connectivity index (χ0) is 14.0. The fraction of sp³-hybridized carbons (Fsp3) is 0.143. The Morgan fingerprint density at radius 1 is 1.37 bits per heavy atom. The first-order chi connectivity index (χ1) is 8.99. The molecule has 2 N–H and O–H groups in total. The molecule has 19 heavy (non-hydrogen) atoms. The first-order valence-corrected chi connectivity index (χ1v) is 6.14. The Kier molecular flexibility index (Phi) is 3.76. The molecule has 0 bridgehead atoms. The first-order valence-electron chi connectivity index (χ1n) is 5.73. The fourth-order valence-corrected chi connectivity index (χ4v) is 2.03. The number of nitrogens with zero attached hydrogens (tertiary/aromatic N) is 1. The average molecular weight is 276 g/mol. The van der Waals surface area contributed by atoms with E-state index in [9.17, 15) is 9.18 Å². The maximum Gasteiger partial charge on any atom is 0.261 e. The van der Waals surface area contributed by atoms with E-state index >= 15 is 0 Å². The van der Waals surface area contributed by atoms with Crippen LogP contribution in [-0.4, -0.2) is 9.56 Å². The Labute approximate surface area is 115 Å². The fourth-order valence-electron chi connectivity index (χ4n) is 1.87. The molecular weight excluding hydrogens is 263 g/mol. The smallest absolute Gasteiger partial charge is 0.261 e. The van der Waals surface area contributed by atoms with Gasteiger partial charge in [0.2, 0.25) is 0 Å². The molecule has 0 aliphatic heterocycles. The number of halogens is 1. The highest BCUT2D eigenvalue weighted by molar-refractivity contribution is 7.80. The molecule has 0 unspecified atom stereocenters. The lowest BCUT2D eigenvalue weighted by Crippen LogP contribution is -2.30. The van der Waals surface area contributed by atoms with E-state index in [0.29, 0.717) is 17.7 Å². The molecule has 0 atom stereocenters. The molecule has 1 aromatic heterocycles. The van der Waals surface area contributed by atoms with Crippen molar-refractivity contribution in [2.24, 2.45) is 5.73 Å². The molecular formula is C14H13FN2OS. The summed E-state index contributed by atoms with van der Waals surface area (Å²) in [6, 6.07) is 9.53. The van der Waals surface area contributed by atoms with Crippen LogP contribution in [0.3, 0.4) is 0 Å². The number of thiocarbonyl (C=S) groups is 1. The van der Waals surface area contributed by atoms with E-state index in [4.69, 9.17) is 18.0 Å². The minimum Gasteiger partial charge on any atom is -0.389 e. The summed E-state index contributed by atoms with van der Waals surface area (Å²) in [7, 11) is 0. The van der Waals surface area contributed by atoms with Gasteiger partial charge < -0.3 is 10.3 Å². The number of rotatable bonds is 3. The third-order valence-electron chi connectivity index (χ3n) is 2.89. The summed E-state index contributed by atoms with van der Waals surface area (Å²) in [6.45, 7) is 2.10. The van der Waals surface area contributed by atoms with Crippen LogP contribution in [0, 0.1) is 12.7 Å². The van der Waals surface area contributed by atoms with E-state index in [0.717, 1.165) is 5.69 Å². The number of benzene rings is 1. The first kappa shape index (κ1) is 13.4. The number of nitrogens with two attached hydrogens (primary N) is 1. The van der Waals surface area contributed by atoms with Gasteiger partial charge in [-0.05, 0) is 36.8 Å². The summed E-state index contributed by atoms with van der Waals surface area (Å²) in [4.78, 5) is 12.3. The SMILES string of the molecule is Cc1ccc(C(N)=S)c(=O)n1Cc1cccc(F)c1. The van der Waals surface area contributed by atoms with Gasteiger partial charge in [-0.2, -0.15) is 0 Å². The molecule has 0 radical (unpaired) electrons. The molecule has 0 aliphatic carbocycles. The lowest BCUT2D eigenvalue weighted by molar-refractivity contribution is 0.622. The Hall–Kier alpha value is -2.01. The summed E-state index contributed by atoms with van der Waals surface area (Å²) in [5.41, 5.74) is 7.04. The Morgan fingerprint density at radius 3 is 2.74 bits per heavy atom. The minimum absolute atomic E-state index is 0.0676. The third kappa shape index (κ3) is 2.88. The van der Waals surface area contributed by atoms with Crippen molar-refractivity contribution < 1.29 is 4.39 Å². The van der Waals surface area contributed by atoms with Crippen LogP contribution in [0.25, 0.3) is 0 Å². The van der Waals surface area contributed by atoms with Gasteiger partial charge in [0, 0.05) is 5.69 Å². The van der Waals surface area contributed by atoms with Crippen LogP contribution in [0.1, 0.15) is 16.8 Å². The van der Waals surface area contributed by atoms with Crippen molar-refractivity contribution in [2.75, 3.05) is 0 Å². The minimum atomic E-state index is -0.325. The normalized spacial score (nSPS) is 10.4. The Morgan fingerprint density at radius 2 is 2.11 bits per heavy atom. The van der Waals surface area contributed by atoms with Gasteiger partial charge in [-0.15, -0.1) is 0 Å². The van der Waals surface area contributed by atoms with Gasteiger partial charge in [0.25, 0.3) is 5.56 Å². The predicted octanol–water partition coefficient (Wildman–Crippen LogP) is 1.98. The van der Waals surface area contributed by atoms with Crippen molar-refractivity contribution in [2.45, 2.75) is 13.5 Å². The molecule has 2 aromatic rings. The van der Waals surface area contributed by atoms with E-state index in [1.54, 1.807) is 24.3 Å². The number of pyridine rings is 1. The molecule has 0 saturated heterocycles. The quantitative estimate of drug-likeness (QED) is 0.872. The highest BCUT2D eigenvalue weighted by Crippen LogP contribution is 2.07. The number of hydrogen-bond acceptors (Lipinski definition) is 2. The second kappa shape index (κ2) is 5.32. The second-order valence-corrected chi connectivity index (χ2v) is 4.71. The van der Waals surface area contributed by atoms with Gasteiger partial charge >= 0.3 is 0 Å². The lowest BCUT2D eigenvalue weighted by atomic mass is 10.2. The molecule has 0 spiro atoms. The van der Waals surface area contributed by atoms with Crippen LogP contribution in [0.4, 0.5) is 4.39 Å². The predicted molar refractivity (Wildman–Crippen MR) is 76.8 cm³/mol. The van der Waals surface area contributed by atoms with Crippen molar-refractivity contribution in [3.63, 3.8) is 0 Å². The van der Waals surface area contributed by atoms with E-state index in [-0.39, 0.29) is 16.4 Å². The van der Waals surface area contributed by atoms with Gasteiger partial charge in [-0.1, -0.05) is 24.4 Å². The highest BCUT2D eigenvalue weighted by Gasteiger charge is 2.09. The molecule has 3 nitrogen and oxygen atoms in total. The molecule has 5 heteroatoms. The van der Waals surface area contributed by atoms with Crippen molar-refractivity contribution in [1.82, 2.24) is 4.57 Å². The standard InChI is InChI=1S/C14H13FN2OS/c1-9-5-6-12(13(16)19)14(18)17(9)8-10-3-2-4-11(15)7-10/h2-7H,8H2,1H3,(H2,16,19). The highest BCUT2D eigenvalue weighted by atomic mass is 32.1. The molecule has 0 amide bonds. The maximum absolute atomic E-state index is 13.2. The van der Waals surface area contributed by atoms with E-state index in [1.165, 1.54) is 16.7 Å². The molecule has 0 saturated carbocycles. The summed E-state index contributed by atoms with van der Waals surface area (Å²) >= 11 is 4.84. The van der Waals surface area contributed by atoms with Gasteiger partial charge in [-0.25, -0.2) is 4.39 Å². The monoisotopic (exact) mass is 276 g/mol. The van der Waals surface area contributed by atoms with Gasteiger partial charge in [0.15, 0.2) is 0 Å². The summed E-state index contributed by atoms with van der Waals surface area (Å²) < 4.78 is 14.7. The van der Waals surface area contributed by atoms with E-state index in [2.05, 4.69) is 0 Å². The van der Waals surface area contributed by atoms with E-state index in [1.807, 2.05) is 6.92 Å². The molecule has 1 aromatic carbocycles. The van der Waals surface area contributed by atoms with Crippen LogP contribution < -0.4 is 11.3 Å². The third-order valence-corrected chi connectivity index (χ3v) is 3.11. The zero-order valence-electron chi connectivity index (χ0n) is 10.4. The Bertz CT molecular complexity index is 694. The molecule has 98 valence electrons. The maximum atomic E-state index is 13.2. The topological polar surface area (TPSA) is 48.0 Å². The van der Waals surface area contributed by atoms with Crippen LogP contribution in [0.2, 0.25) is 0 Å². The molecule has 0 fully saturated rings. The summed E-state index contributed by atoms with van der Waals surface area (Å²) in [6.07, 6.45) is 0. The van der Waals surface area contributed by atoms with Gasteiger partial charge in [0.1, 0.15) is 10.8 Å². The summed E-state index contributed by atoms with van der Waals surface area (Å²) in [5.74, 6) is -0.325. The van der Waals surface area contributed by atoms with Crippen molar-refractivity contribution in [1.29, 1.82) is 0 Å². The largest absolute Gasteiger partial charge is 0.389 e. The van der Waals surface area contributed by atoms with E-state index < -0.39 is 0 Å². The number of aryl methyl sites for hydroxylation is 1. The van der Waals surface area contributed by atoms with Gasteiger partial charge in [-0.3, -0.25) is 4.79 Å². The van der Waals surface area contributed by atoms with Crippen molar-refractivity contribution >= 4 is 17.2 Å². The van der Waals surface area contributed by atoms with Crippen LogP contribution >= 0.6 is 12.2 Å². The van der Waals surface area contributed by atoms with Gasteiger partial charge in [0.05, 0.1) is 12.1 Å². The second-order valence-electron chi connectivity index (χ2n) is 4.27. The van der Waals surface area contributed by atoms with Crippen LogP contribution in [-0.2, 0) is 6.54 Å². The zero-order valence-corrected chi connectivity index (χ0v) is 11.2. The number of hydrogen-bond donors (Lipinski definition) is 1. The number of aromatic nitrogens is 1. The molecule has 1 heterocycles. The molecule has 0 aliphatic rings.